The predicted molar refractivity (Wildman–Crippen MR) is 97.6 cm³/mol. The standard InChI is InChI=1S/C17H17Cl3N2O/c1-10(12-4-3-5-13(18)8-12)21-11(2)17(23)22-16-9-14(19)6-7-15(16)20/h3-11,21H,1-2H3,(H,22,23)/t10-,11-/m1/s1. The van der Waals surface area contributed by atoms with Crippen LogP contribution in [0, 0.1) is 0 Å². The third-order valence-electron chi connectivity index (χ3n) is 3.43. The van der Waals surface area contributed by atoms with Gasteiger partial charge in [0.1, 0.15) is 0 Å². The van der Waals surface area contributed by atoms with E-state index in [9.17, 15) is 4.79 Å². The van der Waals surface area contributed by atoms with Crippen molar-refractivity contribution in [1.82, 2.24) is 5.32 Å². The van der Waals surface area contributed by atoms with Crippen LogP contribution in [-0.2, 0) is 4.79 Å². The maximum absolute atomic E-state index is 12.3. The van der Waals surface area contributed by atoms with E-state index in [4.69, 9.17) is 34.8 Å². The molecule has 0 spiro atoms. The number of benzene rings is 2. The van der Waals surface area contributed by atoms with Crippen LogP contribution in [0.3, 0.4) is 0 Å². The lowest BCUT2D eigenvalue weighted by atomic mass is 10.1. The average Bonchev–Trinajstić information content (AvgIpc) is 2.50. The van der Waals surface area contributed by atoms with Crippen LogP contribution in [-0.4, -0.2) is 11.9 Å². The number of halogens is 3. The molecule has 2 aromatic rings. The fourth-order valence-electron chi connectivity index (χ4n) is 2.16. The van der Waals surface area contributed by atoms with Crippen LogP contribution in [0.5, 0.6) is 0 Å². The van der Waals surface area contributed by atoms with Gasteiger partial charge in [-0.15, -0.1) is 0 Å². The first-order chi connectivity index (χ1) is 10.9. The Balaban J connectivity index is 2.01. The highest BCUT2D eigenvalue weighted by atomic mass is 35.5. The van der Waals surface area contributed by atoms with E-state index in [1.165, 1.54) is 0 Å². The molecule has 0 saturated heterocycles. The summed E-state index contributed by atoms with van der Waals surface area (Å²) in [6.07, 6.45) is 0. The summed E-state index contributed by atoms with van der Waals surface area (Å²) in [5, 5.41) is 7.63. The lowest BCUT2D eigenvalue weighted by Crippen LogP contribution is -2.39. The monoisotopic (exact) mass is 370 g/mol. The summed E-state index contributed by atoms with van der Waals surface area (Å²) in [7, 11) is 0. The van der Waals surface area contributed by atoms with Crippen LogP contribution < -0.4 is 10.6 Å². The first-order valence-electron chi connectivity index (χ1n) is 7.14. The van der Waals surface area contributed by atoms with Crippen LogP contribution in [0.15, 0.2) is 42.5 Å². The zero-order valence-electron chi connectivity index (χ0n) is 12.7. The molecule has 0 radical (unpaired) electrons. The van der Waals surface area contributed by atoms with Crippen LogP contribution in [0.1, 0.15) is 25.5 Å². The molecule has 2 aromatic carbocycles. The Morgan fingerprint density at radius 1 is 1.00 bits per heavy atom. The summed E-state index contributed by atoms with van der Waals surface area (Å²) in [5.74, 6) is -0.192. The predicted octanol–water partition coefficient (Wildman–Crippen LogP) is 5.32. The molecule has 0 unspecified atom stereocenters. The first-order valence-corrected chi connectivity index (χ1v) is 8.27. The van der Waals surface area contributed by atoms with Crippen molar-refractivity contribution in [2.24, 2.45) is 0 Å². The lowest BCUT2D eigenvalue weighted by Gasteiger charge is -2.20. The molecule has 0 fully saturated rings. The van der Waals surface area contributed by atoms with Gasteiger partial charge in [0.15, 0.2) is 0 Å². The van der Waals surface area contributed by atoms with Gasteiger partial charge >= 0.3 is 0 Å². The van der Waals surface area contributed by atoms with E-state index in [-0.39, 0.29) is 11.9 Å². The quantitative estimate of drug-likeness (QED) is 0.746. The van der Waals surface area contributed by atoms with E-state index in [1.807, 2.05) is 31.2 Å². The van der Waals surface area contributed by atoms with Crippen molar-refractivity contribution in [1.29, 1.82) is 0 Å². The molecule has 3 nitrogen and oxygen atoms in total. The highest BCUT2D eigenvalue weighted by molar-refractivity contribution is 6.35. The van der Waals surface area contributed by atoms with Gasteiger partial charge in [0, 0.05) is 16.1 Å². The van der Waals surface area contributed by atoms with E-state index < -0.39 is 6.04 Å². The number of hydrogen-bond acceptors (Lipinski definition) is 2. The van der Waals surface area contributed by atoms with Gasteiger partial charge in [0.25, 0.3) is 0 Å². The van der Waals surface area contributed by atoms with Crippen molar-refractivity contribution in [2.75, 3.05) is 5.32 Å². The summed E-state index contributed by atoms with van der Waals surface area (Å²) in [6, 6.07) is 12.0. The third-order valence-corrected chi connectivity index (χ3v) is 4.23. The third kappa shape index (κ3) is 5.11. The molecule has 0 aliphatic heterocycles. The van der Waals surface area contributed by atoms with Crippen LogP contribution in [0.25, 0.3) is 0 Å². The van der Waals surface area contributed by atoms with Crippen molar-refractivity contribution in [3.8, 4) is 0 Å². The van der Waals surface area contributed by atoms with Crippen molar-refractivity contribution >= 4 is 46.4 Å². The summed E-state index contributed by atoms with van der Waals surface area (Å²) >= 11 is 18.0. The highest BCUT2D eigenvalue weighted by Crippen LogP contribution is 2.25. The fraction of sp³-hybridized carbons (Fsp3) is 0.235. The van der Waals surface area contributed by atoms with E-state index in [2.05, 4.69) is 10.6 Å². The van der Waals surface area contributed by atoms with E-state index in [0.29, 0.717) is 20.8 Å². The largest absolute Gasteiger partial charge is 0.323 e. The molecule has 0 aliphatic rings. The number of nitrogens with one attached hydrogen (secondary N) is 2. The first kappa shape index (κ1) is 18.1. The maximum Gasteiger partial charge on any atom is 0.241 e. The molecule has 6 heteroatoms. The molecule has 23 heavy (non-hydrogen) atoms. The molecule has 2 rings (SSSR count). The van der Waals surface area contributed by atoms with E-state index in [1.54, 1.807) is 25.1 Å². The molecule has 0 aliphatic carbocycles. The number of anilines is 1. The van der Waals surface area contributed by atoms with Gasteiger partial charge < -0.3 is 5.32 Å². The Hall–Kier alpha value is -1.26. The van der Waals surface area contributed by atoms with E-state index in [0.717, 1.165) is 5.56 Å². The van der Waals surface area contributed by atoms with Crippen LogP contribution in [0.2, 0.25) is 15.1 Å². The summed E-state index contributed by atoms with van der Waals surface area (Å²) in [4.78, 5) is 12.3. The van der Waals surface area contributed by atoms with Gasteiger partial charge in [-0.3, -0.25) is 10.1 Å². The maximum atomic E-state index is 12.3. The minimum absolute atomic E-state index is 0.0238. The fourth-order valence-corrected chi connectivity index (χ4v) is 2.69. The molecule has 1 amide bonds. The number of carbonyl (C=O) groups is 1. The van der Waals surface area contributed by atoms with Crippen molar-refractivity contribution in [3.05, 3.63) is 63.1 Å². The van der Waals surface area contributed by atoms with Crippen molar-refractivity contribution in [3.63, 3.8) is 0 Å². The van der Waals surface area contributed by atoms with E-state index >= 15 is 0 Å². The SMILES string of the molecule is C[C@@H](N[C@H](C)c1cccc(Cl)c1)C(=O)Nc1cc(Cl)ccc1Cl. The second kappa shape index (κ2) is 8.02. The van der Waals surface area contributed by atoms with Crippen molar-refractivity contribution in [2.45, 2.75) is 25.9 Å². The number of amides is 1. The molecule has 0 saturated carbocycles. The normalized spacial score (nSPS) is 13.4. The van der Waals surface area contributed by atoms with Gasteiger partial charge in [-0.1, -0.05) is 46.9 Å². The minimum Gasteiger partial charge on any atom is -0.323 e. The Morgan fingerprint density at radius 3 is 2.39 bits per heavy atom. The second-order valence-corrected chi connectivity index (χ2v) is 6.56. The van der Waals surface area contributed by atoms with Gasteiger partial charge in [-0.2, -0.15) is 0 Å². The van der Waals surface area contributed by atoms with Gasteiger partial charge in [0.05, 0.1) is 16.8 Å². The molecule has 0 heterocycles. The summed E-state index contributed by atoms with van der Waals surface area (Å²) in [6.45, 7) is 3.76. The van der Waals surface area contributed by atoms with Gasteiger partial charge in [0.2, 0.25) is 5.91 Å². The zero-order chi connectivity index (χ0) is 17.0. The van der Waals surface area contributed by atoms with Gasteiger partial charge in [-0.25, -0.2) is 0 Å². The number of carbonyl (C=O) groups excluding carboxylic acids is 1. The summed E-state index contributed by atoms with van der Waals surface area (Å²) < 4.78 is 0. The molecule has 122 valence electrons. The topological polar surface area (TPSA) is 41.1 Å². The Kier molecular flexibility index (Phi) is 6.31. The Morgan fingerprint density at radius 2 is 1.70 bits per heavy atom. The van der Waals surface area contributed by atoms with Crippen LogP contribution >= 0.6 is 34.8 Å². The lowest BCUT2D eigenvalue weighted by molar-refractivity contribution is -0.117. The summed E-state index contributed by atoms with van der Waals surface area (Å²) in [5.41, 5.74) is 1.51. The van der Waals surface area contributed by atoms with Gasteiger partial charge in [-0.05, 0) is 49.7 Å². The second-order valence-electron chi connectivity index (χ2n) is 5.28. The Bertz CT molecular complexity index is 706. The molecule has 0 aromatic heterocycles. The molecule has 0 bridgehead atoms. The molecule has 2 N–H and O–H groups in total. The molecular formula is C17H17Cl3N2O. The minimum atomic E-state index is -0.418. The van der Waals surface area contributed by atoms with Crippen LogP contribution in [0.4, 0.5) is 5.69 Å². The number of hydrogen-bond donors (Lipinski definition) is 2. The molecular weight excluding hydrogens is 355 g/mol. The van der Waals surface area contributed by atoms with Crippen molar-refractivity contribution < 1.29 is 4.79 Å². The molecule has 2 atom stereocenters. The number of rotatable bonds is 5. The zero-order valence-corrected chi connectivity index (χ0v) is 15.0. The Labute approximate surface area is 150 Å². The average molecular weight is 372 g/mol. The highest BCUT2D eigenvalue weighted by Gasteiger charge is 2.17. The smallest absolute Gasteiger partial charge is 0.241 e.